The van der Waals surface area contributed by atoms with E-state index >= 15 is 0 Å². The summed E-state index contributed by atoms with van der Waals surface area (Å²) < 4.78 is 6.91. The highest BCUT2D eigenvalue weighted by Crippen LogP contribution is 2.07. The molecule has 2 rings (SSSR count). The van der Waals surface area contributed by atoms with Crippen LogP contribution in [0.3, 0.4) is 0 Å². The fourth-order valence-electron chi connectivity index (χ4n) is 2.31. The Morgan fingerprint density at radius 1 is 1.21 bits per heavy atom. The van der Waals surface area contributed by atoms with E-state index in [0.717, 1.165) is 17.8 Å². The number of halogens is 1. The van der Waals surface area contributed by atoms with Crippen LogP contribution in [0.4, 0.5) is 4.79 Å². The molecule has 0 bridgehead atoms. The number of hydrogen-bond donors (Lipinski definition) is 3. The first-order chi connectivity index (χ1) is 13.4. The molecule has 160 valence electrons. The molecule has 3 N–H and O–H groups in total. The summed E-state index contributed by atoms with van der Waals surface area (Å²) in [7, 11) is 1.72. The Bertz CT molecular complexity index is 773. The van der Waals surface area contributed by atoms with Crippen molar-refractivity contribution >= 4 is 36.0 Å². The number of aromatic nitrogens is 3. The van der Waals surface area contributed by atoms with Gasteiger partial charge < -0.3 is 20.7 Å². The fraction of sp³-hybridized carbons (Fsp3) is 0.474. The number of aliphatic imine (C=N–C) groups is 1. The molecule has 2 aromatic heterocycles. The van der Waals surface area contributed by atoms with Crippen LogP contribution >= 0.6 is 24.0 Å². The first kappa shape index (κ1) is 24.7. The number of nitrogens with zero attached hydrogens (tertiary/aromatic N) is 4. The molecule has 0 saturated carbocycles. The van der Waals surface area contributed by atoms with Crippen molar-refractivity contribution in [3.63, 3.8) is 0 Å². The number of alkyl carbamates (subject to hydrolysis) is 1. The van der Waals surface area contributed by atoms with Gasteiger partial charge in [-0.1, -0.05) is 0 Å². The predicted molar refractivity (Wildman–Crippen MR) is 124 cm³/mol. The van der Waals surface area contributed by atoms with Gasteiger partial charge in [-0.25, -0.2) is 14.5 Å². The number of rotatable bonds is 7. The van der Waals surface area contributed by atoms with E-state index in [-0.39, 0.29) is 24.0 Å². The van der Waals surface area contributed by atoms with Gasteiger partial charge >= 0.3 is 6.09 Å². The summed E-state index contributed by atoms with van der Waals surface area (Å²) in [6, 6.07) is 5.77. The first-order valence-electron chi connectivity index (χ1n) is 9.24. The van der Waals surface area contributed by atoms with Crippen LogP contribution in [0.1, 0.15) is 32.8 Å². The molecule has 0 atom stereocenters. The average Bonchev–Trinajstić information content (AvgIpc) is 3.17. The maximum Gasteiger partial charge on any atom is 0.407 e. The molecule has 29 heavy (non-hydrogen) atoms. The largest absolute Gasteiger partial charge is 0.444 e. The molecule has 0 aliphatic rings. The standard InChI is InChI=1S/C19H29N7O2.HI/c1-19(2,3)28-18(27)23-9-5-8-22-17(20-4)24-14-15-7-11-21-16(13-15)26-12-6-10-25-26;/h6-7,10-13H,5,8-9,14H2,1-4H3,(H,23,27)(H2,20,22,24);1H. The van der Waals surface area contributed by atoms with Crippen molar-refractivity contribution in [2.45, 2.75) is 39.3 Å². The number of nitrogens with one attached hydrogen (secondary N) is 3. The Morgan fingerprint density at radius 2 is 1.97 bits per heavy atom. The van der Waals surface area contributed by atoms with Crippen molar-refractivity contribution in [2.24, 2.45) is 4.99 Å². The van der Waals surface area contributed by atoms with Gasteiger partial charge in [0.1, 0.15) is 5.60 Å². The number of carbonyl (C=O) groups excluding carboxylic acids is 1. The van der Waals surface area contributed by atoms with Crippen molar-refractivity contribution < 1.29 is 9.53 Å². The molecule has 0 spiro atoms. The summed E-state index contributed by atoms with van der Waals surface area (Å²) in [4.78, 5) is 20.1. The second-order valence-corrected chi connectivity index (χ2v) is 7.11. The number of pyridine rings is 1. The number of ether oxygens (including phenoxy) is 1. The monoisotopic (exact) mass is 515 g/mol. The molecule has 0 radical (unpaired) electrons. The molecule has 0 aliphatic carbocycles. The number of amides is 1. The summed E-state index contributed by atoms with van der Waals surface area (Å²) in [6.45, 7) is 7.31. The molecule has 0 aliphatic heterocycles. The highest BCUT2D eigenvalue weighted by molar-refractivity contribution is 14.0. The fourth-order valence-corrected chi connectivity index (χ4v) is 2.31. The molecule has 2 aromatic rings. The van der Waals surface area contributed by atoms with Gasteiger partial charge in [0.05, 0.1) is 0 Å². The minimum Gasteiger partial charge on any atom is -0.444 e. The lowest BCUT2D eigenvalue weighted by Crippen LogP contribution is -2.39. The van der Waals surface area contributed by atoms with Crippen molar-refractivity contribution in [1.29, 1.82) is 0 Å². The lowest BCUT2D eigenvalue weighted by Gasteiger charge is -2.19. The number of hydrogen-bond acceptors (Lipinski definition) is 5. The van der Waals surface area contributed by atoms with Crippen molar-refractivity contribution in [3.05, 3.63) is 42.4 Å². The smallest absolute Gasteiger partial charge is 0.407 e. The van der Waals surface area contributed by atoms with Gasteiger partial charge in [-0.05, 0) is 51.0 Å². The van der Waals surface area contributed by atoms with Crippen LogP contribution < -0.4 is 16.0 Å². The van der Waals surface area contributed by atoms with Gasteiger partial charge in [-0.15, -0.1) is 24.0 Å². The van der Waals surface area contributed by atoms with Crippen LogP contribution in [-0.4, -0.2) is 52.6 Å². The quantitative estimate of drug-likeness (QED) is 0.227. The molecule has 1 amide bonds. The summed E-state index contributed by atoms with van der Waals surface area (Å²) in [5, 5.41) is 13.4. The van der Waals surface area contributed by atoms with Crippen LogP contribution in [0.15, 0.2) is 41.8 Å². The van der Waals surface area contributed by atoms with Crippen molar-refractivity contribution in [1.82, 2.24) is 30.7 Å². The van der Waals surface area contributed by atoms with Gasteiger partial charge in [0.15, 0.2) is 11.8 Å². The first-order valence-corrected chi connectivity index (χ1v) is 9.24. The normalized spacial score (nSPS) is 11.4. The van der Waals surface area contributed by atoms with E-state index < -0.39 is 11.7 Å². The van der Waals surface area contributed by atoms with Crippen molar-refractivity contribution in [2.75, 3.05) is 20.1 Å². The van der Waals surface area contributed by atoms with Crippen LogP contribution in [0.25, 0.3) is 5.82 Å². The molecular formula is C19H30IN7O2. The average molecular weight is 515 g/mol. The zero-order chi connectivity index (χ0) is 20.4. The second-order valence-electron chi connectivity index (χ2n) is 7.11. The summed E-state index contributed by atoms with van der Waals surface area (Å²) >= 11 is 0. The lowest BCUT2D eigenvalue weighted by molar-refractivity contribution is 0.0527. The molecule has 9 nitrogen and oxygen atoms in total. The van der Waals surface area contributed by atoms with Gasteiger partial charge in [0, 0.05) is 45.3 Å². The van der Waals surface area contributed by atoms with Gasteiger partial charge in [0.25, 0.3) is 0 Å². The summed E-state index contributed by atoms with van der Waals surface area (Å²) in [5.41, 5.74) is 0.577. The zero-order valence-corrected chi connectivity index (χ0v) is 19.6. The molecule has 0 fully saturated rings. The van der Waals surface area contributed by atoms with Crippen LogP contribution in [0.5, 0.6) is 0 Å². The lowest BCUT2D eigenvalue weighted by atomic mass is 10.2. The number of carbonyl (C=O) groups is 1. The topological polar surface area (TPSA) is 105 Å². The molecule has 2 heterocycles. The SMILES string of the molecule is CN=C(NCCCNC(=O)OC(C)(C)C)NCc1ccnc(-n2cccn2)c1.I. The Labute approximate surface area is 188 Å². The predicted octanol–water partition coefficient (Wildman–Crippen LogP) is 2.47. The Balaban J connectivity index is 0.00000420. The van der Waals surface area contributed by atoms with E-state index in [1.807, 2.05) is 45.2 Å². The van der Waals surface area contributed by atoms with Crippen LogP contribution in [0.2, 0.25) is 0 Å². The Morgan fingerprint density at radius 3 is 2.62 bits per heavy atom. The molecule has 10 heteroatoms. The third-order valence-electron chi connectivity index (χ3n) is 3.55. The Hall–Kier alpha value is -2.37. The summed E-state index contributed by atoms with van der Waals surface area (Å²) in [6.07, 6.45) is 5.67. The molecular weight excluding hydrogens is 485 g/mol. The molecule has 0 aromatic carbocycles. The third kappa shape index (κ3) is 9.59. The van der Waals surface area contributed by atoms with Gasteiger partial charge in [0.2, 0.25) is 0 Å². The maximum absolute atomic E-state index is 11.6. The Kier molecular flexibility index (Phi) is 10.4. The van der Waals surface area contributed by atoms with Crippen LogP contribution in [0, 0.1) is 0 Å². The van der Waals surface area contributed by atoms with Crippen LogP contribution in [-0.2, 0) is 11.3 Å². The van der Waals surface area contributed by atoms with E-state index in [1.54, 1.807) is 24.1 Å². The third-order valence-corrected chi connectivity index (χ3v) is 3.55. The van der Waals surface area contributed by atoms with Gasteiger partial charge in [-0.3, -0.25) is 4.99 Å². The number of guanidine groups is 1. The van der Waals surface area contributed by atoms with Gasteiger partial charge in [-0.2, -0.15) is 5.10 Å². The molecule has 0 unspecified atom stereocenters. The highest BCUT2D eigenvalue weighted by Gasteiger charge is 2.15. The molecule has 0 saturated heterocycles. The highest BCUT2D eigenvalue weighted by atomic mass is 127. The second kappa shape index (κ2) is 12.2. The van der Waals surface area contributed by atoms with E-state index in [2.05, 4.69) is 31.0 Å². The zero-order valence-electron chi connectivity index (χ0n) is 17.3. The van der Waals surface area contributed by atoms with E-state index in [4.69, 9.17) is 4.74 Å². The van der Waals surface area contributed by atoms with E-state index in [0.29, 0.717) is 25.6 Å². The van der Waals surface area contributed by atoms with E-state index in [9.17, 15) is 4.79 Å². The maximum atomic E-state index is 11.6. The minimum absolute atomic E-state index is 0. The van der Waals surface area contributed by atoms with Crippen molar-refractivity contribution in [3.8, 4) is 5.82 Å². The van der Waals surface area contributed by atoms with E-state index in [1.165, 1.54) is 0 Å². The minimum atomic E-state index is -0.488. The summed E-state index contributed by atoms with van der Waals surface area (Å²) in [5.74, 6) is 1.45.